The van der Waals surface area contributed by atoms with Crippen LogP contribution in [0.15, 0.2) is 35.2 Å². The molecule has 1 aromatic carbocycles. The van der Waals surface area contributed by atoms with E-state index >= 15 is 0 Å². The molecule has 11 heteroatoms. The molecule has 1 aliphatic heterocycles. The average Bonchev–Trinajstić information content (AvgIpc) is 3.22. The van der Waals surface area contributed by atoms with Gasteiger partial charge in [0.15, 0.2) is 9.84 Å². The zero-order valence-electron chi connectivity index (χ0n) is 17.9. The van der Waals surface area contributed by atoms with Gasteiger partial charge in [0.1, 0.15) is 0 Å². The molecule has 0 atom stereocenters. The predicted octanol–water partition coefficient (Wildman–Crippen LogP) is 1.13. The number of sulfone groups is 1. The number of amides is 2. The second-order valence-corrected chi connectivity index (χ2v) is 9.42. The summed E-state index contributed by atoms with van der Waals surface area (Å²) in [5.41, 5.74) is 0. The molecule has 0 spiro atoms. The Bertz CT molecular complexity index is 810. The standard InChI is InChI=1S/C18H29N3O3S.C2H2O4/c1-16(2)21(18(22)19-10-13-20-11-6-7-12-20)14-15-25(23,24)17-8-4-3-5-9-17;3-1(4)2(5)6/h3-5,8-9,16H,6-7,10-15H2,1-2H3,(H,19,22);(H,3,4)(H,5,6). The third-order valence-electron chi connectivity index (χ3n) is 4.67. The Morgan fingerprint density at radius 3 is 2.10 bits per heavy atom. The Labute approximate surface area is 182 Å². The minimum Gasteiger partial charge on any atom is -0.473 e. The van der Waals surface area contributed by atoms with Gasteiger partial charge in [-0.15, -0.1) is 0 Å². The van der Waals surface area contributed by atoms with Crippen molar-refractivity contribution in [2.24, 2.45) is 0 Å². The summed E-state index contributed by atoms with van der Waals surface area (Å²) in [6, 6.07) is 8.12. The first-order chi connectivity index (χ1) is 14.5. The third kappa shape index (κ3) is 9.79. The van der Waals surface area contributed by atoms with Crippen molar-refractivity contribution in [2.45, 2.75) is 37.6 Å². The lowest BCUT2D eigenvalue weighted by atomic mass is 10.3. The van der Waals surface area contributed by atoms with Crippen molar-refractivity contribution >= 4 is 27.8 Å². The average molecular weight is 458 g/mol. The molecule has 174 valence electrons. The molecule has 1 aromatic rings. The fourth-order valence-electron chi connectivity index (χ4n) is 2.99. The monoisotopic (exact) mass is 457 g/mol. The van der Waals surface area contributed by atoms with Gasteiger partial charge in [-0.3, -0.25) is 0 Å². The Hall–Kier alpha value is -2.66. The van der Waals surface area contributed by atoms with Crippen molar-refractivity contribution < 1.29 is 33.0 Å². The van der Waals surface area contributed by atoms with Gasteiger partial charge in [-0.25, -0.2) is 22.8 Å². The number of hydrogen-bond acceptors (Lipinski definition) is 6. The molecule has 1 fully saturated rings. The molecule has 2 amide bonds. The Morgan fingerprint density at radius 2 is 1.61 bits per heavy atom. The molecule has 10 nitrogen and oxygen atoms in total. The van der Waals surface area contributed by atoms with E-state index < -0.39 is 21.8 Å². The second kappa shape index (κ2) is 12.9. The van der Waals surface area contributed by atoms with E-state index in [4.69, 9.17) is 19.8 Å². The zero-order valence-corrected chi connectivity index (χ0v) is 18.7. The lowest BCUT2D eigenvalue weighted by Crippen LogP contribution is -2.47. The second-order valence-electron chi connectivity index (χ2n) is 7.31. The topological polar surface area (TPSA) is 144 Å². The van der Waals surface area contributed by atoms with E-state index in [2.05, 4.69) is 10.2 Å². The zero-order chi connectivity index (χ0) is 23.4. The summed E-state index contributed by atoms with van der Waals surface area (Å²) < 4.78 is 24.8. The molecule has 3 N–H and O–H groups in total. The highest BCUT2D eigenvalue weighted by Gasteiger charge is 2.21. The molecule has 1 aliphatic rings. The fourth-order valence-corrected chi connectivity index (χ4v) is 4.23. The number of carbonyl (C=O) groups excluding carboxylic acids is 1. The highest BCUT2D eigenvalue weighted by molar-refractivity contribution is 7.91. The number of nitrogens with one attached hydrogen (secondary N) is 1. The van der Waals surface area contributed by atoms with E-state index in [1.165, 1.54) is 12.8 Å². The first-order valence-electron chi connectivity index (χ1n) is 10.1. The van der Waals surface area contributed by atoms with Crippen LogP contribution in [0.1, 0.15) is 26.7 Å². The number of urea groups is 1. The van der Waals surface area contributed by atoms with Crippen LogP contribution in [0.5, 0.6) is 0 Å². The van der Waals surface area contributed by atoms with E-state index in [0.29, 0.717) is 11.4 Å². The molecule has 1 saturated heterocycles. The van der Waals surface area contributed by atoms with Gasteiger partial charge in [0, 0.05) is 25.7 Å². The van der Waals surface area contributed by atoms with Crippen molar-refractivity contribution in [1.29, 1.82) is 0 Å². The molecule has 0 saturated carbocycles. The summed E-state index contributed by atoms with van der Waals surface area (Å²) in [7, 11) is -3.39. The molecule has 0 radical (unpaired) electrons. The highest BCUT2D eigenvalue weighted by atomic mass is 32.2. The fraction of sp³-hybridized carbons (Fsp3) is 0.550. The lowest BCUT2D eigenvalue weighted by molar-refractivity contribution is -0.159. The van der Waals surface area contributed by atoms with Crippen LogP contribution in [-0.4, -0.2) is 90.9 Å². The number of carboxylic acids is 2. The van der Waals surface area contributed by atoms with Gasteiger partial charge in [0.25, 0.3) is 0 Å². The minimum atomic E-state index is -3.39. The maximum absolute atomic E-state index is 12.4. The molecule has 0 unspecified atom stereocenters. The van der Waals surface area contributed by atoms with Crippen LogP contribution in [0, 0.1) is 0 Å². The number of benzene rings is 1. The van der Waals surface area contributed by atoms with Gasteiger partial charge >= 0.3 is 18.0 Å². The number of carbonyl (C=O) groups is 3. The quantitative estimate of drug-likeness (QED) is 0.493. The maximum Gasteiger partial charge on any atom is 0.414 e. The van der Waals surface area contributed by atoms with E-state index in [9.17, 15) is 13.2 Å². The molecule has 2 rings (SSSR count). The summed E-state index contributed by atoms with van der Waals surface area (Å²) >= 11 is 0. The van der Waals surface area contributed by atoms with E-state index in [-0.39, 0.29) is 24.4 Å². The van der Waals surface area contributed by atoms with Crippen LogP contribution in [0.2, 0.25) is 0 Å². The highest BCUT2D eigenvalue weighted by Crippen LogP contribution is 2.11. The molecule has 1 heterocycles. The predicted molar refractivity (Wildman–Crippen MR) is 115 cm³/mol. The maximum atomic E-state index is 12.4. The smallest absolute Gasteiger partial charge is 0.414 e. The van der Waals surface area contributed by atoms with Gasteiger partial charge in [-0.2, -0.15) is 0 Å². The summed E-state index contributed by atoms with van der Waals surface area (Å²) in [4.78, 5) is 34.8. The van der Waals surface area contributed by atoms with Crippen molar-refractivity contribution in [3.63, 3.8) is 0 Å². The lowest BCUT2D eigenvalue weighted by Gasteiger charge is -2.27. The van der Waals surface area contributed by atoms with Crippen molar-refractivity contribution in [3.05, 3.63) is 30.3 Å². The molecule has 0 aromatic heterocycles. The van der Waals surface area contributed by atoms with Gasteiger partial charge in [-0.1, -0.05) is 18.2 Å². The molecule has 0 bridgehead atoms. The normalized spacial score (nSPS) is 13.9. The first kappa shape index (κ1) is 26.4. The van der Waals surface area contributed by atoms with Crippen molar-refractivity contribution in [3.8, 4) is 0 Å². The Morgan fingerprint density at radius 1 is 1.06 bits per heavy atom. The number of carboxylic acid groups (broad SMARTS) is 2. The number of hydrogen-bond donors (Lipinski definition) is 3. The van der Waals surface area contributed by atoms with E-state index in [1.54, 1.807) is 35.2 Å². The Kier molecular flexibility index (Phi) is 11.0. The number of aliphatic carboxylic acids is 2. The number of nitrogens with zero attached hydrogens (tertiary/aromatic N) is 2. The first-order valence-corrected chi connectivity index (χ1v) is 11.7. The van der Waals surface area contributed by atoms with Crippen molar-refractivity contribution in [2.75, 3.05) is 38.5 Å². The van der Waals surface area contributed by atoms with Crippen LogP contribution in [-0.2, 0) is 19.4 Å². The summed E-state index contributed by atoms with van der Waals surface area (Å²) in [6.07, 6.45) is 2.45. The summed E-state index contributed by atoms with van der Waals surface area (Å²) in [6.45, 7) is 7.61. The SMILES string of the molecule is CC(C)N(CCS(=O)(=O)c1ccccc1)C(=O)NCCN1CCCC1.O=C(O)C(=O)O. The third-order valence-corrected chi connectivity index (χ3v) is 6.38. The number of likely N-dealkylation sites (tertiary alicyclic amines) is 1. The van der Waals surface area contributed by atoms with Crippen LogP contribution in [0.25, 0.3) is 0 Å². The molecular formula is C20H31N3O7S. The minimum absolute atomic E-state index is 0.0576. The van der Waals surface area contributed by atoms with Crippen LogP contribution < -0.4 is 5.32 Å². The van der Waals surface area contributed by atoms with Gasteiger partial charge in [0.05, 0.1) is 10.6 Å². The molecular weight excluding hydrogens is 426 g/mol. The Balaban J connectivity index is 0.000000703. The summed E-state index contributed by atoms with van der Waals surface area (Å²) in [5.74, 6) is -3.72. The van der Waals surface area contributed by atoms with Crippen LogP contribution in [0.4, 0.5) is 4.79 Å². The largest absolute Gasteiger partial charge is 0.473 e. The van der Waals surface area contributed by atoms with E-state index in [1.807, 2.05) is 13.8 Å². The van der Waals surface area contributed by atoms with Crippen LogP contribution in [0.3, 0.4) is 0 Å². The van der Waals surface area contributed by atoms with Crippen LogP contribution >= 0.6 is 0 Å². The van der Waals surface area contributed by atoms with Crippen molar-refractivity contribution in [1.82, 2.24) is 15.1 Å². The molecule has 0 aliphatic carbocycles. The van der Waals surface area contributed by atoms with E-state index in [0.717, 1.165) is 19.6 Å². The molecule has 31 heavy (non-hydrogen) atoms. The number of rotatable bonds is 8. The van der Waals surface area contributed by atoms with Gasteiger partial charge in [0.2, 0.25) is 0 Å². The van der Waals surface area contributed by atoms with Gasteiger partial charge in [-0.05, 0) is 51.9 Å². The summed E-state index contributed by atoms with van der Waals surface area (Å²) in [5, 5.41) is 17.7. The van der Waals surface area contributed by atoms with Gasteiger partial charge < -0.3 is 25.3 Å².